The van der Waals surface area contributed by atoms with Gasteiger partial charge in [0.05, 0.1) is 5.71 Å². The van der Waals surface area contributed by atoms with Crippen LogP contribution in [0.15, 0.2) is 29.3 Å². The Hall–Kier alpha value is -2.18. The quantitative estimate of drug-likeness (QED) is 0.618. The van der Waals surface area contributed by atoms with Crippen molar-refractivity contribution in [2.75, 3.05) is 18.0 Å². The maximum atomic E-state index is 13.0. The molecule has 1 amide bonds. The lowest BCUT2D eigenvalue weighted by molar-refractivity contribution is -0.149. The highest BCUT2D eigenvalue weighted by Crippen LogP contribution is 2.39. The highest BCUT2D eigenvalue weighted by molar-refractivity contribution is 7.17. The minimum atomic E-state index is -0.351. The molecule has 0 unspecified atom stereocenters. The molecule has 1 aliphatic heterocycles. The number of fused-ring (bicyclic) bond motifs is 1. The Labute approximate surface area is 185 Å². The molecule has 0 radical (unpaired) electrons. The second kappa shape index (κ2) is 8.90. The van der Waals surface area contributed by atoms with Crippen LogP contribution in [0.4, 0.5) is 5.00 Å². The summed E-state index contributed by atoms with van der Waals surface area (Å²) in [7, 11) is 0. The van der Waals surface area contributed by atoms with Gasteiger partial charge in [0.15, 0.2) is 0 Å². The fourth-order valence-electron chi connectivity index (χ4n) is 4.07. The number of benzene rings is 1. The number of hydrogen-bond donors (Lipinski definition) is 0. The van der Waals surface area contributed by atoms with Gasteiger partial charge in [0.2, 0.25) is 5.91 Å². The van der Waals surface area contributed by atoms with Crippen LogP contribution in [-0.4, -0.2) is 36.8 Å². The normalized spacial score (nSPS) is 17.4. The molecule has 0 N–H and O–H groups in total. The number of carbonyl (C=O) groups excluding carboxylic acids is 2. The van der Waals surface area contributed by atoms with Gasteiger partial charge in [-0.05, 0) is 57.2 Å². The van der Waals surface area contributed by atoms with Gasteiger partial charge in [0.25, 0.3) is 0 Å². The molecule has 1 aliphatic carbocycles. The smallest absolute Gasteiger partial charge is 0.326 e. The number of rotatable bonds is 4. The second-order valence-corrected chi connectivity index (χ2v) is 9.51. The van der Waals surface area contributed by atoms with E-state index < -0.39 is 0 Å². The van der Waals surface area contributed by atoms with E-state index in [-0.39, 0.29) is 31.1 Å². The molecule has 0 spiro atoms. The summed E-state index contributed by atoms with van der Waals surface area (Å²) in [6.45, 7) is 3.95. The van der Waals surface area contributed by atoms with E-state index in [0.29, 0.717) is 5.02 Å². The molecule has 0 saturated heterocycles. The molecule has 4 rings (SSSR count). The van der Waals surface area contributed by atoms with E-state index in [1.807, 2.05) is 38.1 Å². The third kappa shape index (κ3) is 4.30. The summed E-state index contributed by atoms with van der Waals surface area (Å²) in [6.07, 6.45) is 5.15. The van der Waals surface area contributed by atoms with Crippen molar-refractivity contribution in [3.63, 3.8) is 0 Å². The molecule has 5 nitrogen and oxygen atoms in total. The second-order valence-electron chi connectivity index (χ2n) is 7.87. The standard InChI is InChI=1S/C23H25ClN2O3S/c1-14-15(2)30-23-21(14)22(16-7-6-8-17(24)11-16)25-12-19(27)26(23)13-20(28)29-18-9-4-3-5-10-18/h6-8,11,18H,3-5,9-10,12-13H2,1-2H3. The summed E-state index contributed by atoms with van der Waals surface area (Å²) in [6, 6.07) is 7.49. The molecule has 2 aromatic rings. The lowest BCUT2D eigenvalue weighted by atomic mass is 9.98. The Bertz CT molecular complexity index is 1010. The first-order valence-corrected chi connectivity index (χ1v) is 11.5. The number of thiophene rings is 1. The van der Waals surface area contributed by atoms with Crippen LogP contribution in [0.1, 0.15) is 53.7 Å². The van der Waals surface area contributed by atoms with Crippen molar-refractivity contribution >= 4 is 45.5 Å². The SMILES string of the molecule is Cc1sc2c(c1C)C(c1cccc(Cl)c1)=NCC(=O)N2CC(=O)OC1CCCCC1. The maximum Gasteiger partial charge on any atom is 0.326 e. The Kier molecular flexibility index (Phi) is 6.25. The fraction of sp³-hybridized carbons (Fsp3) is 0.435. The Morgan fingerprint density at radius 3 is 2.77 bits per heavy atom. The zero-order chi connectivity index (χ0) is 21.3. The van der Waals surface area contributed by atoms with Gasteiger partial charge in [-0.15, -0.1) is 11.3 Å². The van der Waals surface area contributed by atoms with Crippen LogP contribution in [0.25, 0.3) is 0 Å². The van der Waals surface area contributed by atoms with Crippen LogP contribution >= 0.6 is 22.9 Å². The minimum absolute atomic E-state index is 0.0154. The van der Waals surface area contributed by atoms with Crippen molar-refractivity contribution in [1.29, 1.82) is 0 Å². The lowest BCUT2D eigenvalue weighted by Gasteiger charge is -2.24. The average Bonchev–Trinajstić information content (AvgIpc) is 2.94. The number of carbonyl (C=O) groups is 2. The molecular weight excluding hydrogens is 420 g/mol. The van der Waals surface area contributed by atoms with Crippen molar-refractivity contribution in [3.05, 3.63) is 50.9 Å². The maximum absolute atomic E-state index is 13.0. The van der Waals surface area contributed by atoms with Gasteiger partial charge in [0, 0.05) is 21.0 Å². The molecule has 0 atom stereocenters. The zero-order valence-electron chi connectivity index (χ0n) is 17.2. The van der Waals surface area contributed by atoms with Crippen molar-refractivity contribution in [1.82, 2.24) is 0 Å². The number of aliphatic imine (C=N–C) groups is 1. The lowest BCUT2D eigenvalue weighted by Crippen LogP contribution is -2.38. The number of amides is 1. The number of ether oxygens (including phenoxy) is 1. The summed E-state index contributed by atoms with van der Waals surface area (Å²) in [5.74, 6) is -0.550. The summed E-state index contributed by atoms with van der Waals surface area (Å²) in [5.41, 5.74) is 3.57. The Morgan fingerprint density at radius 1 is 1.27 bits per heavy atom. The van der Waals surface area contributed by atoms with E-state index in [4.69, 9.17) is 16.3 Å². The van der Waals surface area contributed by atoms with Crippen LogP contribution in [0.5, 0.6) is 0 Å². The molecule has 1 saturated carbocycles. The van der Waals surface area contributed by atoms with Gasteiger partial charge in [0.1, 0.15) is 24.2 Å². The third-order valence-electron chi connectivity index (χ3n) is 5.76. The first kappa shape index (κ1) is 21.1. The predicted octanol–water partition coefficient (Wildman–Crippen LogP) is 5.08. The predicted molar refractivity (Wildman–Crippen MR) is 121 cm³/mol. The molecular formula is C23H25ClN2O3S. The van der Waals surface area contributed by atoms with Crippen LogP contribution in [0.3, 0.4) is 0 Å². The van der Waals surface area contributed by atoms with E-state index in [1.165, 1.54) is 17.8 Å². The summed E-state index contributed by atoms with van der Waals surface area (Å²) in [4.78, 5) is 32.9. The van der Waals surface area contributed by atoms with Gasteiger partial charge < -0.3 is 4.74 Å². The molecule has 158 valence electrons. The van der Waals surface area contributed by atoms with E-state index in [9.17, 15) is 9.59 Å². The van der Waals surface area contributed by atoms with Gasteiger partial charge in [-0.2, -0.15) is 0 Å². The molecule has 1 aromatic heterocycles. The van der Waals surface area contributed by atoms with Crippen LogP contribution in [0.2, 0.25) is 5.02 Å². The largest absolute Gasteiger partial charge is 0.461 e. The minimum Gasteiger partial charge on any atom is -0.461 e. The number of aryl methyl sites for hydroxylation is 1. The van der Waals surface area contributed by atoms with E-state index in [2.05, 4.69) is 4.99 Å². The average molecular weight is 445 g/mol. The molecule has 0 bridgehead atoms. The number of halogens is 1. The van der Waals surface area contributed by atoms with Crippen molar-refractivity contribution in [2.24, 2.45) is 4.99 Å². The first-order chi connectivity index (χ1) is 14.4. The van der Waals surface area contributed by atoms with Crippen LogP contribution in [-0.2, 0) is 14.3 Å². The Balaban J connectivity index is 1.66. The highest BCUT2D eigenvalue weighted by Gasteiger charge is 2.32. The zero-order valence-corrected chi connectivity index (χ0v) is 18.8. The number of nitrogens with zero attached hydrogens (tertiary/aromatic N) is 2. The van der Waals surface area contributed by atoms with E-state index in [0.717, 1.165) is 58.0 Å². The number of esters is 1. The summed E-state index contributed by atoms with van der Waals surface area (Å²) < 4.78 is 5.68. The molecule has 2 heterocycles. The molecule has 1 fully saturated rings. The van der Waals surface area contributed by atoms with Gasteiger partial charge in [-0.1, -0.05) is 30.2 Å². The summed E-state index contributed by atoms with van der Waals surface area (Å²) >= 11 is 7.72. The molecule has 30 heavy (non-hydrogen) atoms. The third-order valence-corrected chi connectivity index (χ3v) is 7.22. The fourth-order valence-corrected chi connectivity index (χ4v) is 5.43. The molecule has 1 aromatic carbocycles. The number of hydrogen-bond acceptors (Lipinski definition) is 5. The summed E-state index contributed by atoms with van der Waals surface area (Å²) in [5, 5.41) is 1.37. The van der Waals surface area contributed by atoms with Crippen LogP contribution < -0.4 is 4.90 Å². The van der Waals surface area contributed by atoms with Crippen LogP contribution in [0, 0.1) is 13.8 Å². The van der Waals surface area contributed by atoms with Gasteiger partial charge in [-0.25, -0.2) is 0 Å². The van der Waals surface area contributed by atoms with E-state index >= 15 is 0 Å². The monoisotopic (exact) mass is 444 g/mol. The highest BCUT2D eigenvalue weighted by atomic mass is 35.5. The molecule has 2 aliphatic rings. The topological polar surface area (TPSA) is 59.0 Å². The van der Waals surface area contributed by atoms with E-state index in [1.54, 1.807) is 4.90 Å². The molecule has 7 heteroatoms. The van der Waals surface area contributed by atoms with Crippen molar-refractivity contribution in [3.8, 4) is 0 Å². The first-order valence-electron chi connectivity index (χ1n) is 10.3. The number of anilines is 1. The Morgan fingerprint density at radius 2 is 2.03 bits per heavy atom. The van der Waals surface area contributed by atoms with Crippen molar-refractivity contribution in [2.45, 2.75) is 52.1 Å². The van der Waals surface area contributed by atoms with Gasteiger partial charge in [-0.3, -0.25) is 19.5 Å². The van der Waals surface area contributed by atoms with Gasteiger partial charge >= 0.3 is 5.97 Å². The van der Waals surface area contributed by atoms with Crippen molar-refractivity contribution < 1.29 is 14.3 Å².